The molecule has 1 N–H and O–H groups in total. The SMILES string of the molecule is CC(C)C(=O)CCCCCOC(C)(C)C(=O)C(C)O. The first kappa shape index (κ1) is 18.3. The zero-order valence-corrected chi connectivity index (χ0v) is 12.9. The van der Waals surface area contributed by atoms with E-state index in [4.69, 9.17) is 4.74 Å². The maximum Gasteiger partial charge on any atom is 0.192 e. The molecule has 0 amide bonds. The number of carbonyl (C=O) groups is 2. The van der Waals surface area contributed by atoms with Crippen LogP contribution in [0.15, 0.2) is 0 Å². The van der Waals surface area contributed by atoms with Crippen LogP contribution in [0.2, 0.25) is 0 Å². The minimum absolute atomic E-state index is 0.110. The fourth-order valence-corrected chi connectivity index (χ4v) is 1.77. The number of ether oxygens (including phenoxy) is 1. The predicted octanol–water partition coefficient (Wildman–Crippen LogP) is 2.52. The van der Waals surface area contributed by atoms with Gasteiger partial charge in [-0.1, -0.05) is 20.3 Å². The van der Waals surface area contributed by atoms with E-state index in [1.54, 1.807) is 13.8 Å². The molecule has 4 nitrogen and oxygen atoms in total. The number of hydrogen-bond acceptors (Lipinski definition) is 4. The third-order valence-corrected chi connectivity index (χ3v) is 3.15. The molecule has 4 heteroatoms. The van der Waals surface area contributed by atoms with Gasteiger partial charge in [0.15, 0.2) is 5.78 Å². The molecular weight excluding hydrogens is 244 g/mol. The topological polar surface area (TPSA) is 63.6 Å². The second-order valence-electron chi connectivity index (χ2n) is 5.83. The average Bonchev–Trinajstić information content (AvgIpc) is 2.31. The molecule has 1 atom stereocenters. The summed E-state index contributed by atoms with van der Waals surface area (Å²) in [4.78, 5) is 23.0. The average molecular weight is 272 g/mol. The summed E-state index contributed by atoms with van der Waals surface area (Å²) in [6, 6.07) is 0. The molecule has 0 fully saturated rings. The van der Waals surface area contributed by atoms with Gasteiger partial charge in [0, 0.05) is 18.9 Å². The molecule has 0 saturated heterocycles. The minimum atomic E-state index is -1.00. The highest BCUT2D eigenvalue weighted by Gasteiger charge is 2.31. The van der Waals surface area contributed by atoms with Crippen molar-refractivity contribution in [2.75, 3.05) is 6.61 Å². The van der Waals surface area contributed by atoms with E-state index in [0.717, 1.165) is 19.3 Å². The summed E-state index contributed by atoms with van der Waals surface area (Å²) in [6.45, 7) is 9.09. The molecule has 0 bridgehead atoms. The van der Waals surface area contributed by atoms with Crippen LogP contribution in [0.3, 0.4) is 0 Å². The lowest BCUT2D eigenvalue weighted by Gasteiger charge is -2.25. The lowest BCUT2D eigenvalue weighted by molar-refractivity contribution is -0.148. The monoisotopic (exact) mass is 272 g/mol. The molecule has 112 valence electrons. The second-order valence-corrected chi connectivity index (χ2v) is 5.83. The summed E-state index contributed by atoms with van der Waals surface area (Å²) in [5, 5.41) is 9.24. The second kappa shape index (κ2) is 8.43. The Kier molecular flexibility index (Phi) is 8.11. The molecule has 0 aliphatic rings. The summed E-state index contributed by atoms with van der Waals surface area (Å²) < 4.78 is 5.51. The Labute approximate surface area is 116 Å². The molecule has 0 heterocycles. The highest BCUT2D eigenvalue weighted by atomic mass is 16.5. The van der Waals surface area contributed by atoms with E-state index in [1.165, 1.54) is 6.92 Å². The van der Waals surface area contributed by atoms with Crippen LogP contribution in [0.1, 0.15) is 60.3 Å². The largest absolute Gasteiger partial charge is 0.385 e. The first-order chi connectivity index (χ1) is 8.68. The van der Waals surface area contributed by atoms with E-state index in [0.29, 0.717) is 18.8 Å². The quantitative estimate of drug-likeness (QED) is 0.621. The Bertz CT molecular complexity index is 293. The van der Waals surface area contributed by atoms with Crippen molar-refractivity contribution in [2.45, 2.75) is 72.0 Å². The molecule has 0 aromatic heterocycles. The highest BCUT2D eigenvalue weighted by molar-refractivity contribution is 5.89. The standard InChI is InChI=1S/C15H28O4/c1-11(2)13(17)9-7-6-8-10-19-15(4,5)14(18)12(3)16/h11-12,16H,6-10H2,1-5H3. The zero-order chi connectivity index (χ0) is 15.1. The van der Waals surface area contributed by atoms with Gasteiger partial charge in [0.1, 0.15) is 17.5 Å². The van der Waals surface area contributed by atoms with Gasteiger partial charge in [0.05, 0.1) is 0 Å². The van der Waals surface area contributed by atoms with Crippen molar-refractivity contribution in [3.05, 3.63) is 0 Å². The number of ketones is 2. The molecule has 0 saturated carbocycles. The number of aliphatic hydroxyl groups is 1. The van der Waals surface area contributed by atoms with Gasteiger partial charge in [-0.05, 0) is 33.6 Å². The third-order valence-electron chi connectivity index (χ3n) is 3.15. The van der Waals surface area contributed by atoms with E-state index in [-0.39, 0.29) is 11.7 Å². The molecule has 19 heavy (non-hydrogen) atoms. The summed E-state index contributed by atoms with van der Waals surface area (Å²) in [5.74, 6) is 0.104. The molecule has 0 aromatic rings. The van der Waals surface area contributed by atoms with Gasteiger partial charge in [-0.3, -0.25) is 9.59 Å². The fraction of sp³-hybridized carbons (Fsp3) is 0.867. The van der Waals surface area contributed by atoms with Crippen molar-refractivity contribution in [1.82, 2.24) is 0 Å². The number of unbranched alkanes of at least 4 members (excludes halogenated alkanes) is 2. The molecular formula is C15H28O4. The zero-order valence-electron chi connectivity index (χ0n) is 12.9. The van der Waals surface area contributed by atoms with Gasteiger partial charge in [-0.2, -0.15) is 0 Å². The summed E-state index contributed by atoms with van der Waals surface area (Å²) in [7, 11) is 0. The smallest absolute Gasteiger partial charge is 0.192 e. The maximum atomic E-state index is 11.6. The normalized spacial score (nSPS) is 13.6. The van der Waals surface area contributed by atoms with E-state index < -0.39 is 11.7 Å². The lowest BCUT2D eigenvalue weighted by atomic mass is 9.99. The first-order valence-electron chi connectivity index (χ1n) is 7.07. The molecule has 0 aliphatic carbocycles. The maximum absolute atomic E-state index is 11.6. The summed E-state index contributed by atoms with van der Waals surface area (Å²) in [5.41, 5.74) is -0.943. The van der Waals surface area contributed by atoms with Gasteiger partial charge >= 0.3 is 0 Å². The van der Waals surface area contributed by atoms with E-state index >= 15 is 0 Å². The number of hydrogen-bond donors (Lipinski definition) is 1. The Balaban J connectivity index is 3.75. The Morgan fingerprint density at radius 3 is 2.16 bits per heavy atom. The van der Waals surface area contributed by atoms with Crippen LogP contribution in [-0.4, -0.2) is 35.0 Å². The first-order valence-corrected chi connectivity index (χ1v) is 7.07. The van der Waals surface area contributed by atoms with Crippen LogP contribution in [0, 0.1) is 5.92 Å². The van der Waals surface area contributed by atoms with E-state index in [1.807, 2.05) is 13.8 Å². The van der Waals surface area contributed by atoms with Crippen LogP contribution in [0.4, 0.5) is 0 Å². The Morgan fingerprint density at radius 1 is 1.11 bits per heavy atom. The molecule has 0 aliphatic heterocycles. The number of aliphatic hydroxyl groups excluding tert-OH is 1. The third kappa shape index (κ3) is 7.43. The van der Waals surface area contributed by atoms with Crippen LogP contribution < -0.4 is 0 Å². The molecule has 0 radical (unpaired) electrons. The van der Waals surface area contributed by atoms with Crippen molar-refractivity contribution in [3.8, 4) is 0 Å². The van der Waals surface area contributed by atoms with Crippen LogP contribution in [0.5, 0.6) is 0 Å². The van der Waals surface area contributed by atoms with E-state index in [9.17, 15) is 14.7 Å². The Morgan fingerprint density at radius 2 is 1.68 bits per heavy atom. The number of carbonyl (C=O) groups excluding carboxylic acids is 2. The van der Waals surface area contributed by atoms with Crippen molar-refractivity contribution in [1.29, 1.82) is 0 Å². The number of Topliss-reactive ketones (excluding diaryl/α,β-unsaturated/α-hetero) is 2. The van der Waals surface area contributed by atoms with E-state index in [2.05, 4.69) is 0 Å². The fourth-order valence-electron chi connectivity index (χ4n) is 1.77. The predicted molar refractivity (Wildman–Crippen MR) is 75.0 cm³/mol. The molecule has 0 spiro atoms. The molecule has 0 rings (SSSR count). The minimum Gasteiger partial charge on any atom is -0.385 e. The van der Waals surface area contributed by atoms with Crippen LogP contribution >= 0.6 is 0 Å². The molecule has 0 aromatic carbocycles. The molecule has 1 unspecified atom stereocenters. The lowest BCUT2D eigenvalue weighted by Crippen LogP contribution is -2.41. The summed E-state index contributed by atoms with van der Waals surface area (Å²) in [6.07, 6.45) is 2.22. The van der Waals surface area contributed by atoms with Gasteiger partial charge in [0.2, 0.25) is 0 Å². The van der Waals surface area contributed by atoms with Crippen molar-refractivity contribution in [3.63, 3.8) is 0 Å². The van der Waals surface area contributed by atoms with Crippen LogP contribution in [-0.2, 0) is 14.3 Å². The van der Waals surface area contributed by atoms with Gasteiger partial charge in [-0.25, -0.2) is 0 Å². The van der Waals surface area contributed by atoms with Crippen molar-refractivity contribution < 1.29 is 19.4 Å². The van der Waals surface area contributed by atoms with Gasteiger partial charge in [0.25, 0.3) is 0 Å². The Hall–Kier alpha value is -0.740. The highest BCUT2D eigenvalue weighted by Crippen LogP contribution is 2.14. The van der Waals surface area contributed by atoms with Crippen LogP contribution in [0.25, 0.3) is 0 Å². The van der Waals surface area contributed by atoms with Crippen molar-refractivity contribution >= 4 is 11.6 Å². The van der Waals surface area contributed by atoms with Gasteiger partial charge in [-0.15, -0.1) is 0 Å². The van der Waals surface area contributed by atoms with Crippen molar-refractivity contribution in [2.24, 2.45) is 5.92 Å². The van der Waals surface area contributed by atoms with Gasteiger partial charge < -0.3 is 9.84 Å². The summed E-state index contributed by atoms with van der Waals surface area (Å²) >= 11 is 0. The number of rotatable bonds is 10.